The summed E-state index contributed by atoms with van der Waals surface area (Å²) in [6, 6.07) is 0. The second kappa shape index (κ2) is 8.51. The molecule has 1 atom stereocenters. The predicted octanol–water partition coefficient (Wildman–Crippen LogP) is 0.0184. The molecular weight excluding hydrogens is 232 g/mol. The van der Waals surface area contributed by atoms with E-state index in [9.17, 15) is 14.4 Å². The molecule has 0 aliphatic rings. The number of ether oxygens (including phenoxy) is 4. The third-order valence-electron chi connectivity index (χ3n) is 1.45. The molecule has 7 nitrogen and oxygen atoms in total. The van der Waals surface area contributed by atoms with Gasteiger partial charge in [-0.3, -0.25) is 14.4 Å². The first-order chi connectivity index (χ1) is 7.91. The van der Waals surface area contributed by atoms with E-state index in [0.29, 0.717) is 0 Å². The molecular formula is C10H16O7. The van der Waals surface area contributed by atoms with Crippen molar-refractivity contribution >= 4 is 17.9 Å². The van der Waals surface area contributed by atoms with Crippen LogP contribution in [0.15, 0.2) is 0 Å². The smallest absolute Gasteiger partial charge is 0.304 e. The summed E-state index contributed by atoms with van der Waals surface area (Å²) in [5.41, 5.74) is 0. The maximum atomic E-state index is 10.7. The van der Waals surface area contributed by atoms with Crippen molar-refractivity contribution in [2.24, 2.45) is 0 Å². The Balaban J connectivity index is 3.88. The van der Waals surface area contributed by atoms with Crippen molar-refractivity contribution < 1.29 is 33.3 Å². The Kier molecular flexibility index (Phi) is 7.70. The molecule has 0 fully saturated rings. The quantitative estimate of drug-likeness (QED) is 0.271. The minimum absolute atomic E-state index is 0.0276. The summed E-state index contributed by atoms with van der Waals surface area (Å²) in [6.45, 7) is 3.34. The lowest BCUT2D eigenvalue weighted by Crippen LogP contribution is -2.29. The number of carbonyl (C=O) groups excluding carboxylic acids is 3. The Morgan fingerprint density at radius 3 is 1.94 bits per heavy atom. The highest BCUT2D eigenvalue weighted by Crippen LogP contribution is 1.97. The van der Waals surface area contributed by atoms with Crippen molar-refractivity contribution in [2.75, 3.05) is 20.0 Å². The van der Waals surface area contributed by atoms with Crippen LogP contribution in [0.2, 0.25) is 0 Å². The number of hydrogen-bond acceptors (Lipinski definition) is 7. The summed E-state index contributed by atoms with van der Waals surface area (Å²) in [5.74, 6) is -1.48. The molecule has 0 aromatic carbocycles. The van der Waals surface area contributed by atoms with E-state index in [1.54, 1.807) is 0 Å². The Bertz CT molecular complexity index is 274. The van der Waals surface area contributed by atoms with Crippen LogP contribution >= 0.6 is 0 Å². The van der Waals surface area contributed by atoms with Gasteiger partial charge in [0.05, 0.1) is 6.61 Å². The van der Waals surface area contributed by atoms with E-state index < -0.39 is 24.0 Å². The van der Waals surface area contributed by atoms with E-state index in [0.717, 1.165) is 0 Å². The Labute approximate surface area is 99.0 Å². The average molecular weight is 248 g/mol. The number of carbonyl (C=O) groups is 3. The fourth-order valence-corrected chi connectivity index (χ4v) is 0.865. The van der Waals surface area contributed by atoms with Gasteiger partial charge in [0.2, 0.25) is 0 Å². The molecule has 0 amide bonds. The molecule has 0 aliphatic carbocycles. The minimum Gasteiger partial charge on any atom is -0.462 e. The van der Waals surface area contributed by atoms with E-state index in [4.69, 9.17) is 9.47 Å². The summed E-state index contributed by atoms with van der Waals surface area (Å²) < 4.78 is 18.9. The topological polar surface area (TPSA) is 88.1 Å². The maximum absolute atomic E-state index is 10.7. The van der Waals surface area contributed by atoms with Crippen molar-refractivity contribution in [3.8, 4) is 0 Å². The van der Waals surface area contributed by atoms with Crippen molar-refractivity contribution in [1.82, 2.24) is 0 Å². The van der Waals surface area contributed by atoms with Gasteiger partial charge >= 0.3 is 17.9 Å². The molecule has 98 valence electrons. The maximum Gasteiger partial charge on any atom is 0.304 e. The highest BCUT2D eigenvalue weighted by atomic mass is 16.7. The van der Waals surface area contributed by atoms with Gasteiger partial charge in [0, 0.05) is 20.8 Å². The van der Waals surface area contributed by atoms with Gasteiger partial charge in [-0.2, -0.15) is 0 Å². The third kappa shape index (κ3) is 10.6. The van der Waals surface area contributed by atoms with E-state index >= 15 is 0 Å². The summed E-state index contributed by atoms with van der Waals surface area (Å²) in [5, 5.41) is 0. The Morgan fingerprint density at radius 1 is 0.882 bits per heavy atom. The van der Waals surface area contributed by atoms with Crippen LogP contribution in [0.25, 0.3) is 0 Å². The zero-order valence-corrected chi connectivity index (χ0v) is 10.1. The molecule has 0 saturated heterocycles. The highest BCUT2D eigenvalue weighted by Gasteiger charge is 2.14. The second-order valence-electron chi connectivity index (χ2n) is 3.16. The molecule has 0 aromatic rings. The molecule has 0 heterocycles. The lowest BCUT2D eigenvalue weighted by atomic mass is 10.4. The second-order valence-corrected chi connectivity index (χ2v) is 3.16. The number of esters is 3. The van der Waals surface area contributed by atoms with Crippen LogP contribution in [0, 0.1) is 0 Å². The van der Waals surface area contributed by atoms with E-state index in [-0.39, 0.29) is 20.0 Å². The van der Waals surface area contributed by atoms with E-state index in [2.05, 4.69) is 9.47 Å². The first-order valence-corrected chi connectivity index (χ1v) is 4.93. The van der Waals surface area contributed by atoms with Crippen LogP contribution in [0.4, 0.5) is 0 Å². The van der Waals surface area contributed by atoms with Gasteiger partial charge in [-0.25, -0.2) is 0 Å². The molecule has 1 unspecified atom stereocenters. The first-order valence-electron chi connectivity index (χ1n) is 4.93. The van der Waals surface area contributed by atoms with Gasteiger partial charge in [-0.1, -0.05) is 0 Å². The van der Waals surface area contributed by atoms with Crippen molar-refractivity contribution in [3.63, 3.8) is 0 Å². The van der Waals surface area contributed by atoms with Crippen LogP contribution in [-0.4, -0.2) is 44.0 Å². The SMILES string of the molecule is CC(=O)OCOCC(COC(C)=O)OC(C)=O. The lowest BCUT2D eigenvalue weighted by molar-refractivity contribution is -0.168. The van der Waals surface area contributed by atoms with Gasteiger partial charge in [-0.15, -0.1) is 0 Å². The van der Waals surface area contributed by atoms with Gasteiger partial charge in [0.1, 0.15) is 6.61 Å². The molecule has 0 aliphatic heterocycles. The normalized spacial score (nSPS) is 11.5. The molecule has 17 heavy (non-hydrogen) atoms. The number of rotatable bonds is 7. The predicted molar refractivity (Wildman–Crippen MR) is 54.8 cm³/mol. The summed E-state index contributed by atoms with van der Waals surface area (Å²) in [4.78, 5) is 31.7. The van der Waals surface area contributed by atoms with Crippen molar-refractivity contribution in [2.45, 2.75) is 26.9 Å². The fourth-order valence-electron chi connectivity index (χ4n) is 0.865. The zero-order chi connectivity index (χ0) is 13.3. The van der Waals surface area contributed by atoms with Crippen molar-refractivity contribution in [1.29, 1.82) is 0 Å². The summed E-state index contributed by atoms with van der Waals surface area (Å²) in [7, 11) is 0. The lowest BCUT2D eigenvalue weighted by Gasteiger charge is -2.16. The Morgan fingerprint density at radius 2 is 1.47 bits per heavy atom. The monoisotopic (exact) mass is 248 g/mol. The van der Waals surface area contributed by atoms with Crippen LogP contribution < -0.4 is 0 Å². The van der Waals surface area contributed by atoms with Crippen LogP contribution in [-0.2, 0) is 33.3 Å². The largest absolute Gasteiger partial charge is 0.462 e. The summed E-state index contributed by atoms with van der Waals surface area (Å²) in [6.07, 6.45) is -0.716. The molecule has 0 rings (SSSR count). The standard InChI is InChI=1S/C10H16O7/c1-7(11)15-5-10(17-9(3)13)4-14-6-16-8(2)12/h10H,4-6H2,1-3H3. The van der Waals surface area contributed by atoms with Gasteiger partial charge < -0.3 is 18.9 Å². The zero-order valence-electron chi connectivity index (χ0n) is 10.1. The van der Waals surface area contributed by atoms with E-state index in [1.165, 1.54) is 20.8 Å². The molecule has 0 N–H and O–H groups in total. The molecule has 0 bridgehead atoms. The van der Waals surface area contributed by atoms with Crippen LogP contribution in [0.5, 0.6) is 0 Å². The Hall–Kier alpha value is -1.63. The minimum atomic E-state index is -0.716. The highest BCUT2D eigenvalue weighted by molar-refractivity contribution is 5.67. The number of hydrogen-bond donors (Lipinski definition) is 0. The molecule has 7 heteroatoms. The van der Waals surface area contributed by atoms with Gasteiger partial charge in [0.25, 0.3) is 0 Å². The molecule has 0 spiro atoms. The fraction of sp³-hybridized carbons (Fsp3) is 0.700. The van der Waals surface area contributed by atoms with Crippen LogP contribution in [0.3, 0.4) is 0 Å². The molecule has 0 radical (unpaired) electrons. The van der Waals surface area contributed by atoms with Crippen LogP contribution in [0.1, 0.15) is 20.8 Å². The molecule has 0 aromatic heterocycles. The van der Waals surface area contributed by atoms with Gasteiger partial charge in [0.15, 0.2) is 12.9 Å². The van der Waals surface area contributed by atoms with Crippen molar-refractivity contribution in [3.05, 3.63) is 0 Å². The first kappa shape index (κ1) is 15.4. The third-order valence-corrected chi connectivity index (χ3v) is 1.45. The average Bonchev–Trinajstić information content (AvgIpc) is 2.19. The summed E-state index contributed by atoms with van der Waals surface area (Å²) >= 11 is 0. The van der Waals surface area contributed by atoms with Gasteiger partial charge in [-0.05, 0) is 0 Å². The van der Waals surface area contributed by atoms with E-state index in [1.807, 2.05) is 0 Å². The molecule has 0 saturated carbocycles.